The molecule has 1 aromatic rings. The topological polar surface area (TPSA) is 90.2 Å². The maximum Gasteiger partial charge on any atom is 0.242 e. The van der Waals surface area contributed by atoms with Gasteiger partial charge in [-0.3, -0.25) is 0 Å². The molecule has 7 heteroatoms. The first-order chi connectivity index (χ1) is 9.27. The number of nitrogens with one attached hydrogen (secondary N) is 1. The highest BCUT2D eigenvalue weighted by atomic mass is 32.2. The van der Waals surface area contributed by atoms with Crippen molar-refractivity contribution in [3.05, 3.63) is 29.6 Å². The maximum atomic E-state index is 13.4. The largest absolute Gasteiger partial charge is 0.393 e. The Morgan fingerprint density at radius 2 is 2.10 bits per heavy atom. The molecule has 2 N–H and O–H groups in total. The van der Waals surface area contributed by atoms with Crippen molar-refractivity contribution in [2.24, 2.45) is 5.92 Å². The van der Waals surface area contributed by atoms with Gasteiger partial charge in [-0.1, -0.05) is 13.0 Å². The van der Waals surface area contributed by atoms with E-state index in [9.17, 15) is 17.9 Å². The van der Waals surface area contributed by atoms with Gasteiger partial charge in [-0.25, -0.2) is 17.5 Å². The normalized spacial score (nSPS) is 14.6. The lowest BCUT2D eigenvalue weighted by atomic mass is 10.1. The number of nitrogens with zero attached hydrogens (tertiary/aromatic N) is 1. The average Bonchev–Trinajstić information content (AvgIpc) is 2.35. The molecule has 5 nitrogen and oxygen atoms in total. The van der Waals surface area contributed by atoms with E-state index >= 15 is 0 Å². The molecule has 0 aliphatic heterocycles. The molecule has 2 unspecified atom stereocenters. The lowest BCUT2D eigenvalue weighted by Gasteiger charge is -2.15. The monoisotopic (exact) mass is 300 g/mol. The van der Waals surface area contributed by atoms with Crippen LogP contribution < -0.4 is 4.72 Å². The molecular formula is C13H17FN2O3S. The lowest BCUT2D eigenvalue weighted by molar-refractivity contribution is 0.165. The minimum atomic E-state index is -3.95. The van der Waals surface area contributed by atoms with E-state index in [1.165, 1.54) is 12.1 Å². The van der Waals surface area contributed by atoms with E-state index in [2.05, 4.69) is 4.72 Å². The zero-order chi connectivity index (χ0) is 15.3. The summed E-state index contributed by atoms with van der Waals surface area (Å²) in [6, 6.07) is 5.01. The Hall–Kier alpha value is -1.49. The third-order valence-electron chi connectivity index (χ3n) is 2.74. The standard InChI is InChI=1S/C13H17FN2O3S/c1-9(6-10(2)17)8-16-20(18,19)13-5-3-4-12(14)11(13)7-15/h3-5,9-10,16-17H,6,8H2,1-2H3. The second-order valence-electron chi connectivity index (χ2n) is 4.77. The smallest absolute Gasteiger partial charge is 0.242 e. The second kappa shape index (κ2) is 6.79. The van der Waals surface area contributed by atoms with Crippen molar-refractivity contribution in [3.8, 4) is 6.07 Å². The predicted octanol–water partition coefficient (Wildman–Crippen LogP) is 1.38. The summed E-state index contributed by atoms with van der Waals surface area (Å²) in [6.45, 7) is 3.51. The van der Waals surface area contributed by atoms with Crippen molar-refractivity contribution in [3.63, 3.8) is 0 Å². The summed E-state index contributed by atoms with van der Waals surface area (Å²) in [4.78, 5) is -0.371. The van der Waals surface area contributed by atoms with Gasteiger partial charge in [0, 0.05) is 6.54 Å². The van der Waals surface area contributed by atoms with Gasteiger partial charge in [0.05, 0.1) is 6.10 Å². The zero-order valence-electron chi connectivity index (χ0n) is 11.3. The van der Waals surface area contributed by atoms with Gasteiger partial charge in [0.15, 0.2) is 0 Å². The van der Waals surface area contributed by atoms with Crippen LogP contribution in [-0.2, 0) is 10.0 Å². The summed E-state index contributed by atoms with van der Waals surface area (Å²) in [5.74, 6) is -0.948. The molecule has 1 aromatic carbocycles. The van der Waals surface area contributed by atoms with Crippen LogP contribution in [0.3, 0.4) is 0 Å². The second-order valence-corrected chi connectivity index (χ2v) is 6.50. The maximum absolute atomic E-state index is 13.4. The van der Waals surface area contributed by atoms with Crippen molar-refractivity contribution >= 4 is 10.0 Å². The van der Waals surface area contributed by atoms with Crippen molar-refractivity contribution in [1.29, 1.82) is 5.26 Å². The quantitative estimate of drug-likeness (QED) is 0.830. The molecular weight excluding hydrogens is 283 g/mol. The summed E-state index contributed by atoms with van der Waals surface area (Å²) in [5.41, 5.74) is -0.497. The van der Waals surface area contributed by atoms with E-state index in [0.29, 0.717) is 6.42 Å². The van der Waals surface area contributed by atoms with E-state index in [4.69, 9.17) is 5.26 Å². The molecule has 0 saturated carbocycles. The van der Waals surface area contributed by atoms with Crippen molar-refractivity contribution in [2.45, 2.75) is 31.3 Å². The number of halogens is 1. The molecule has 20 heavy (non-hydrogen) atoms. The molecule has 0 heterocycles. The average molecular weight is 300 g/mol. The van der Waals surface area contributed by atoms with Crippen molar-refractivity contribution < 1.29 is 17.9 Å². The molecule has 0 aliphatic rings. The fraction of sp³-hybridized carbons (Fsp3) is 0.462. The Kier molecular flexibility index (Phi) is 5.62. The van der Waals surface area contributed by atoms with Gasteiger partial charge < -0.3 is 5.11 Å². The third kappa shape index (κ3) is 4.27. The Bertz CT molecular complexity index is 609. The number of rotatable bonds is 6. The molecule has 0 amide bonds. The highest BCUT2D eigenvalue weighted by molar-refractivity contribution is 7.89. The van der Waals surface area contributed by atoms with Gasteiger partial charge in [0.1, 0.15) is 22.3 Å². The van der Waals surface area contributed by atoms with Crippen LogP contribution in [-0.4, -0.2) is 26.2 Å². The van der Waals surface area contributed by atoms with Gasteiger partial charge in [-0.15, -0.1) is 0 Å². The minimum absolute atomic E-state index is 0.0798. The molecule has 0 spiro atoms. The number of aliphatic hydroxyl groups is 1. The van der Waals surface area contributed by atoms with Crippen LogP contribution in [0, 0.1) is 23.1 Å². The van der Waals surface area contributed by atoms with Crippen molar-refractivity contribution in [1.82, 2.24) is 4.72 Å². The first-order valence-electron chi connectivity index (χ1n) is 6.14. The molecule has 2 atom stereocenters. The first-order valence-corrected chi connectivity index (χ1v) is 7.62. The highest BCUT2D eigenvalue weighted by Crippen LogP contribution is 2.18. The third-order valence-corrected chi connectivity index (χ3v) is 4.21. The first kappa shape index (κ1) is 16.6. The fourth-order valence-corrected chi connectivity index (χ4v) is 3.16. The van der Waals surface area contributed by atoms with Crippen LogP contribution >= 0.6 is 0 Å². The van der Waals surface area contributed by atoms with Gasteiger partial charge >= 0.3 is 0 Å². The summed E-state index contributed by atoms with van der Waals surface area (Å²) in [6.07, 6.45) is -0.0881. The molecule has 0 bridgehead atoms. The van der Waals surface area contributed by atoms with Crippen LogP contribution in [0.1, 0.15) is 25.8 Å². The lowest BCUT2D eigenvalue weighted by Crippen LogP contribution is -2.30. The Morgan fingerprint density at radius 3 is 2.65 bits per heavy atom. The zero-order valence-corrected chi connectivity index (χ0v) is 12.1. The highest BCUT2D eigenvalue weighted by Gasteiger charge is 2.21. The number of hydrogen-bond acceptors (Lipinski definition) is 4. The van der Waals surface area contributed by atoms with Gasteiger partial charge in [-0.2, -0.15) is 5.26 Å². The number of hydrogen-bond donors (Lipinski definition) is 2. The summed E-state index contributed by atoms with van der Waals surface area (Å²) in [7, 11) is -3.95. The van der Waals surface area contributed by atoms with Crippen LogP contribution in [0.4, 0.5) is 4.39 Å². The summed E-state index contributed by atoms with van der Waals surface area (Å²) >= 11 is 0. The molecule has 0 aromatic heterocycles. The van der Waals surface area contributed by atoms with Crippen molar-refractivity contribution in [2.75, 3.05) is 6.54 Å². The van der Waals surface area contributed by atoms with E-state index in [1.54, 1.807) is 19.9 Å². The number of aliphatic hydroxyl groups excluding tert-OH is 1. The predicted molar refractivity (Wildman–Crippen MR) is 71.8 cm³/mol. The van der Waals surface area contributed by atoms with Gasteiger partial charge in [-0.05, 0) is 31.4 Å². The van der Waals surface area contributed by atoms with E-state index in [1.807, 2.05) is 0 Å². The van der Waals surface area contributed by atoms with Crippen LogP contribution in [0.5, 0.6) is 0 Å². The molecule has 0 saturated heterocycles. The number of benzene rings is 1. The van der Waals surface area contributed by atoms with Crippen LogP contribution in [0.2, 0.25) is 0 Å². The molecule has 110 valence electrons. The molecule has 0 fully saturated rings. The van der Waals surface area contributed by atoms with Gasteiger partial charge in [0.2, 0.25) is 10.0 Å². The van der Waals surface area contributed by atoms with E-state index in [-0.39, 0.29) is 17.4 Å². The number of nitriles is 1. The summed E-state index contributed by atoms with van der Waals surface area (Å²) < 4.78 is 39.9. The molecule has 0 radical (unpaired) electrons. The summed E-state index contributed by atoms with van der Waals surface area (Å²) in [5, 5.41) is 18.1. The molecule has 0 aliphatic carbocycles. The Balaban J connectivity index is 2.91. The fourth-order valence-electron chi connectivity index (χ4n) is 1.83. The minimum Gasteiger partial charge on any atom is -0.393 e. The Morgan fingerprint density at radius 1 is 1.45 bits per heavy atom. The molecule has 1 rings (SSSR count). The van der Waals surface area contributed by atoms with Crippen LogP contribution in [0.25, 0.3) is 0 Å². The van der Waals surface area contributed by atoms with E-state index < -0.39 is 27.5 Å². The van der Waals surface area contributed by atoms with Crippen LogP contribution in [0.15, 0.2) is 23.1 Å². The SMILES string of the molecule is CC(O)CC(C)CNS(=O)(=O)c1cccc(F)c1C#N. The number of sulfonamides is 1. The van der Waals surface area contributed by atoms with Gasteiger partial charge in [0.25, 0.3) is 0 Å². The van der Waals surface area contributed by atoms with E-state index in [0.717, 1.165) is 6.07 Å². The Labute approximate surface area is 118 Å².